The zero-order valence-corrected chi connectivity index (χ0v) is 18.9. The van der Waals surface area contributed by atoms with E-state index in [4.69, 9.17) is 21.3 Å². The van der Waals surface area contributed by atoms with Crippen LogP contribution in [0.2, 0.25) is 0 Å². The molecule has 1 aliphatic carbocycles. The molecular formula is C23H32N8O. The smallest absolute Gasteiger partial charge is 0.164 e. The molecule has 9 nitrogen and oxygen atoms in total. The van der Waals surface area contributed by atoms with Crippen molar-refractivity contribution in [3.05, 3.63) is 24.5 Å². The van der Waals surface area contributed by atoms with E-state index in [2.05, 4.69) is 31.5 Å². The Kier molecular flexibility index (Phi) is 5.60. The second-order valence-corrected chi connectivity index (χ2v) is 9.01. The first-order chi connectivity index (χ1) is 15.5. The Hall–Kier alpha value is -2.91. The van der Waals surface area contributed by atoms with Gasteiger partial charge in [-0.15, -0.1) is 0 Å². The number of fused-ring (bicyclic) bond motifs is 1. The molecule has 0 amide bonds. The zero-order valence-electron chi connectivity index (χ0n) is 18.9. The van der Waals surface area contributed by atoms with E-state index in [-0.39, 0.29) is 0 Å². The third kappa shape index (κ3) is 3.75. The van der Waals surface area contributed by atoms with E-state index in [0.29, 0.717) is 29.3 Å². The van der Waals surface area contributed by atoms with Crippen LogP contribution in [0.25, 0.3) is 22.3 Å². The summed E-state index contributed by atoms with van der Waals surface area (Å²) in [6.07, 6.45) is 6.06. The molecule has 4 N–H and O–H groups in total. The molecule has 0 atom stereocenters. The van der Waals surface area contributed by atoms with Crippen LogP contribution in [-0.4, -0.2) is 75.9 Å². The highest BCUT2D eigenvalue weighted by atomic mass is 16.5. The quantitative estimate of drug-likeness (QED) is 0.600. The molecular weight excluding hydrogens is 404 g/mol. The number of nitrogen functional groups attached to an aromatic ring is 2. The van der Waals surface area contributed by atoms with Crippen molar-refractivity contribution in [3.8, 4) is 17.0 Å². The number of hydrogen-bond acceptors (Lipinski definition) is 8. The van der Waals surface area contributed by atoms with Crippen LogP contribution >= 0.6 is 0 Å². The summed E-state index contributed by atoms with van der Waals surface area (Å²) >= 11 is 0. The molecule has 32 heavy (non-hydrogen) atoms. The van der Waals surface area contributed by atoms with E-state index in [1.54, 1.807) is 7.11 Å². The number of hydrogen-bond donors (Lipinski definition) is 2. The Bertz CT molecular complexity index is 1100. The van der Waals surface area contributed by atoms with E-state index in [1.165, 1.54) is 32.3 Å². The maximum absolute atomic E-state index is 6.30. The van der Waals surface area contributed by atoms with E-state index in [9.17, 15) is 0 Å². The fraction of sp³-hybridized carbons (Fsp3) is 0.522. The molecule has 9 heteroatoms. The van der Waals surface area contributed by atoms with E-state index in [0.717, 1.165) is 48.2 Å². The van der Waals surface area contributed by atoms with Crippen LogP contribution in [0, 0.1) is 0 Å². The number of methoxy groups -OCH3 is 1. The molecule has 3 heterocycles. The van der Waals surface area contributed by atoms with E-state index >= 15 is 0 Å². The third-order valence-electron chi connectivity index (χ3n) is 7.09. The fourth-order valence-corrected chi connectivity index (χ4v) is 5.17. The lowest BCUT2D eigenvalue weighted by Gasteiger charge is -2.41. The predicted octanol–water partition coefficient (Wildman–Crippen LogP) is 2.40. The topological polar surface area (TPSA) is 111 Å². The lowest BCUT2D eigenvalue weighted by atomic mass is 9.90. The maximum Gasteiger partial charge on any atom is 0.164 e. The second kappa shape index (κ2) is 8.55. The van der Waals surface area contributed by atoms with Gasteiger partial charge in [-0.05, 0) is 44.9 Å². The second-order valence-electron chi connectivity index (χ2n) is 9.01. The zero-order chi connectivity index (χ0) is 22.2. The number of rotatable bonds is 4. The van der Waals surface area contributed by atoms with Gasteiger partial charge in [-0.3, -0.25) is 4.90 Å². The van der Waals surface area contributed by atoms with Gasteiger partial charge in [-0.2, -0.15) is 5.10 Å². The molecule has 5 rings (SSSR count). The molecule has 0 bridgehead atoms. The van der Waals surface area contributed by atoms with Gasteiger partial charge < -0.3 is 21.1 Å². The lowest BCUT2D eigenvalue weighted by molar-refractivity contribution is 0.0815. The highest BCUT2D eigenvalue weighted by molar-refractivity contribution is 5.98. The van der Waals surface area contributed by atoms with E-state index in [1.807, 2.05) is 18.2 Å². The summed E-state index contributed by atoms with van der Waals surface area (Å²) in [5, 5.41) is 5.81. The Balaban J connectivity index is 1.44. The Labute approximate surface area is 188 Å². The summed E-state index contributed by atoms with van der Waals surface area (Å²) in [7, 11) is 3.82. The fourth-order valence-electron chi connectivity index (χ4n) is 5.17. The summed E-state index contributed by atoms with van der Waals surface area (Å²) in [6, 6.07) is 6.65. The molecule has 2 aromatic heterocycles. The minimum absolute atomic E-state index is 0.306. The average Bonchev–Trinajstić information content (AvgIpc) is 3.21. The number of likely N-dealkylation sites (N-methyl/N-ethyl adjacent to an activating group) is 1. The summed E-state index contributed by atoms with van der Waals surface area (Å²) in [6.45, 7) is 4.66. The third-order valence-corrected chi connectivity index (χ3v) is 7.09. The number of nitrogens with two attached hydrogens (primary N) is 2. The number of ether oxygens (including phenoxy) is 1. The van der Waals surface area contributed by atoms with Crippen molar-refractivity contribution in [2.45, 2.75) is 37.8 Å². The molecule has 1 saturated heterocycles. The molecule has 2 fully saturated rings. The van der Waals surface area contributed by atoms with E-state index < -0.39 is 0 Å². The van der Waals surface area contributed by atoms with Crippen molar-refractivity contribution in [2.75, 3.05) is 51.8 Å². The predicted molar refractivity (Wildman–Crippen MR) is 126 cm³/mol. The van der Waals surface area contributed by atoms with Crippen LogP contribution in [0.15, 0.2) is 24.5 Å². The molecule has 3 aromatic rings. The average molecular weight is 437 g/mol. The van der Waals surface area contributed by atoms with Crippen LogP contribution in [0.4, 0.5) is 11.5 Å². The van der Waals surface area contributed by atoms with Gasteiger partial charge in [-0.25, -0.2) is 14.6 Å². The number of benzene rings is 1. The molecule has 1 saturated carbocycles. The minimum Gasteiger partial charge on any atom is -0.495 e. The van der Waals surface area contributed by atoms with Gasteiger partial charge in [0.05, 0.1) is 24.2 Å². The summed E-state index contributed by atoms with van der Waals surface area (Å²) in [5.41, 5.74) is 15.4. The SMILES string of the molecule is COc1cc(-c2nn(C3CCC(N4CCN(C)CC4)CC3)c3ncnc(N)c23)ccc1N. The summed E-state index contributed by atoms with van der Waals surface area (Å²) in [4.78, 5) is 13.9. The lowest BCUT2D eigenvalue weighted by Crippen LogP contribution is -2.49. The van der Waals surface area contributed by atoms with Crippen molar-refractivity contribution >= 4 is 22.5 Å². The van der Waals surface area contributed by atoms with Crippen molar-refractivity contribution in [3.63, 3.8) is 0 Å². The molecule has 1 aromatic carbocycles. The standard InChI is InChI=1S/C23H32N8O/c1-29-9-11-30(12-10-29)16-4-6-17(7-5-16)31-23-20(22(25)26-14-27-23)21(28-31)15-3-8-18(24)19(13-15)32-2/h3,8,13-14,16-17H,4-7,9-12,24H2,1-2H3,(H2,25,26,27). The number of aromatic nitrogens is 4. The minimum atomic E-state index is 0.306. The molecule has 1 aliphatic heterocycles. The van der Waals surface area contributed by atoms with Gasteiger partial charge in [-0.1, -0.05) is 6.07 Å². The number of piperazine rings is 1. The summed E-state index contributed by atoms with van der Waals surface area (Å²) < 4.78 is 7.49. The maximum atomic E-state index is 6.30. The van der Waals surface area contributed by atoms with Crippen molar-refractivity contribution in [1.29, 1.82) is 0 Å². The van der Waals surface area contributed by atoms with Gasteiger partial charge in [0, 0.05) is 37.8 Å². The van der Waals surface area contributed by atoms with Crippen LogP contribution in [-0.2, 0) is 0 Å². The monoisotopic (exact) mass is 436 g/mol. The summed E-state index contributed by atoms with van der Waals surface area (Å²) in [5.74, 6) is 1.06. The molecule has 2 aliphatic rings. The van der Waals surface area contributed by atoms with Gasteiger partial charge in [0.2, 0.25) is 0 Å². The molecule has 0 spiro atoms. The van der Waals surface area contributed by atoms with Crippen LogP contribution < -0.4 is 16.2 Å². The van der Waals surface area contributed by atoms with Crippen molar-refractivity contribution in [1.82, 2.24) is 29.5 Å². The molecule has 170 valence electrons. The normalized spacial score (nSPS) is 22.9. The number of anilines is 2. The first-order valence-electron chi connectivity index (χ1n) is 11.4. The first-order valence-corrected chi connectivity index (χ1v) is 11.4. The first kappa shape index (κ1) is 21.0. The largest absolute Gasteiger partial charge is 0.495 e. The number of nitrogens with zero attached hydrogens (tertiary/aromatic N) is 6. The highest BCUT2D eigenvalue weighted by Gasteiger charge is 2.30. The van der Waals surface area contributed by atoms with Gasteiger partial charge >= 0.3 is 0 Å². The van der Waals surface area contributed by atoms with Crippen molar-refractivity contribution < 1.29 is 4.74 Å². The van der Waals surface area contributed by atoms with Crippen molar-refractivity contribution in [2.24, 2.45) is 0 Å². The van der Waals surface area contributed by atoms with Gasteiger partial charge in [0.1, 0.15) is 23.6 Å². The van der Waals surface area contributed by atoms with Crippen LogP contribution in [0.5, 0.6) is 5.75 Å². The molecule has 0 unspecified atom stereocenters. The van der Waals surface area contributed by atoms with Crippen LogP contribution in [0.3, 0.4) is 0 Å². The Morgan fingerprint density at radius 1 is 0.969 bits per heavy atom. The van der Waals surface area contributed by atoms with Gasteiger partial charge in [0.15, 0.2) is 5.65 Å². The molecule has 0 radical (unpaired) electrons. The Morgan fingerprint density at radius 2 is 1.69 bits per heavy atom. The van der Waals surface area contributed by atoms with Gasteiger partial charge in [0.25, 0.3) is 0 Å². The van der Waals surface area contributed by atoms with Crippen LogP contribution in [0.1, 0.15) is 31.7 Å². The highest BCUT2D eigenvalue weighted by Crippen LogP contribution is 2.38. The Morgan fingerprint density at radius 3 is 2.41 bits per heavy atom.